The van der Waals surface area contributed by atoms with E-state index in [0.29, 0.717) is 11.2 Å². The topological polar surface area (TPSA) is 0 Å². The molecule has 1 radical (unpaired) electrons. The summed E-state index contributed by atoms with van der Waals surface area (Å²) in [5.41, 5.74) is 5.58. The van der Waals surface area contributed by atoms with Gasteiger partial charge in [-0.25, -0.2) is 0 Å². The highest BCUT2D eigenvalue weighted by molar-refractivity contribution is 7.81. The molecule has 0 bridgehead atoms. The van der Waals surface area contributed by atoms with E-state index in [9.17, 15) is 0 Å². The fourth-order valence-electron chi connectivity index (χ4n) is 4.49. The average molecular weight is 379 g/mol. The van der Waals surface area contributed by atoms with Gasteiger partial charge in [-0.15, -0.1) is 0 Å². The quantitative estimate of drug-likeness (QED) is 0.363. The van der Waals surface area contributed by atoms with Crippen molar-refractivity contribution < 1.29 is 0 Å². The minimum atomic E-state index is -0.0790. The van der Waals surface area contributed by atoms with Gasteiger partial charge in [0.05, 0.1) is 0 Å². The molecular weight excluding hydrogens is 356 g/mol. The van der Waals surface area contributed by atoms with Crippen molar-refractivity contribution in [2.24, 2.45) is 0 Å². The van der Waals surface area contributed by atoms with Crippen LogP contribution in [0, 0.1) is 0 Å². The molecule has 4 aromatic carbocycles. The summed E-state index contributed by atoms with van der Waals surface area (Å²) in [6.07, 6.45) is 0. The predicted molar refractivity (Wildman–Crippen MR) is 119 cm³/mol. The molecule has 135 valence electrons. The number of rotatable bonds is 4. The third kappa shape index (κ3) is 2.78. The molecule has 1 saturated heterocycles. The van der Waals surface area contributed by atoms with E-state index in [-0.39, 0.29) is 4.75 Å². The summed E-state index contributed by atoms with van der Waals surface area (Å²) in [6.45, 7) is 0. The van der Waals surface area contributed by atoms with Crippen molar-refractivity contribution in [3.05, 3.63) is 144 Å². The van der Waals surface area contributed by atoms with E-state index in [1.807, 2.05) is 0 Å². The number of thioether (sulfide) groups is 1. The van der Waals surface area contributed by atoms with Crippen molar-refractivity contribution in [1.82, 2.24) is 0 Å². The Labute approximate surface area is 171 Å². The highest BCUT2D eigenvalue weighted by atomic mass is 32.2. The molecule has 5 rings (SSSR count). The second kappa shape index (κ2) is 7.33. The predicted octanol–water partition coefficient (Wildman–Crippen LogP) is 6.55. The molecule has 0 spiro atoms. The zero-order valence-corrected chi connectivity index (χ0v) is 16.4. The van der Waals surface area contributed by atoms with Gasteiger partial charge in [-0.1, -0.05) is 121 Å². The van der Waals surface area contributed by atoms with Crippen molar-refractivity contribution in [1.29, 1.82) is 0 Å². The van der Waals surface area contributed by atoms with Gasteiger partial charge < -0.3 is 0 Å². The van der Waals surface area contributed by atoms with Crippen molar-refractivity contribution in [3.63, 3.8) is 0 Å². The van der Waals surface area contributed by atoms with Gasteiger partial charge in [-0.2, -0.15) is 0 Å². The summed E-state index contributed by atoms with van der Waals surface area (Å²) in [4.78, 5) is 0. The van der Waals surface area contributed by atoms with E-state index in [4.69, 9.17) is 0 Å². The third-order valence-corrected chi connectivity index (χ3v) is 7.64. The zero-order chi connectivity index (χ0) is 18.8. The number of benzene rings is 4. The van der Waals surface area contributed by atoms with Gasteiger partial charge in [-0.05, 0) is 5.56 Å². The molecule has 1 fully saturated rings. The van der Waals surface area contributed by atoms with Crippen LogP contribution < -0.4 is 0 Å². The minimum absolute atomic E-state index is 0.0790. The first-order chi connectivity index (χ1) is 13.9. The summed E-state index contributed by atoms with van der Waals surface area (Å²) in [6, 6.07) is 44.0. The molecule has 0 amide bonds. The lowest BCUT2D eigenvalue weighted by molar-refractivity contribution is 0.487. The van der Waals surface area contributed by atoms with Crippen LogP contribution in [0.5, 0.6) is 0 Å². The Hall–Kier alpha value is -2.77. The number of hydrogen-bond donors (Lipinski definition) is 0. The second-order valence-electron chi connectivity index (χ2n) is 7.31. The van der Waals surface area contributed by atoms with Crippen LogP contribution >= 0.6 is 0 Å². The summed E-state index contributed by atoms with van der Waals surface area (Å²) < 4.78 is -0.0790. The molecule has 4 aromatic rings. The van der Waals surface area contributed by atoms with Crippen LogP contribution in [0.15, 0.2) is 121 Å². The lowest BCUT2D eigenvalue weighted by Crippen LogP contribution is -2.51. The van der Waals surface area contributed by atoms with Crippen LogP contribution in [0.4, 0.5) is 0 Å². The van der Waals surface area contributed by atoms with Gasteiger partial charge in [0.25, 0.3) is 0 Å². The summed E-state index contributed by atoms with van der Waals surface area (Å²) in [5, 5.41) is 0.434. The molecular formula is C27H22S+. The molecule has 2 atom stereocenters. The molecule has 0 nitrogen and oxygen atoms in total. The van der Waals surface area contributed by atoms with Crippen LogP contribution in [0.1, 0.15) is 33.4 Å². The molecule has 0 unspecified atom stereocenters. The van der Waals surface area contributed by atoms with Crippen LogP contribution in [0.2, 0.25) is 0 Å². The first-order valence-corrected chi connectivity index (χ1v) is 10.7. The molecule has 0 aromatic heterocycles. The maximum Gasteiger partial charge on any atom is 0.238 e. The van der Waals surface area contributed by atoms with E-state index >= 15 is 0 Å². The van der Waals surface area contributed by atoms with E-state index in [1.54, 1.807) is 0 Å². The molecule has 1 aliphatic heterocycles. The zero-order valence-electron chi connectivity index (χ0n) is 15.6. The smallest absolute Gasteiger partial charge is 0.0622 e. The second-order valence-corrected chi connectivity index (χ2v) is 8.69. The lowest BCUT2D eigenvalue weighted by atomic mass is 9.72. The summed E-state index contributed by atoms with van der Waals surface area (Å²) in [5.74, 6) is 0.380. The third-order valence-electron chi connectivity index (χ3n) is 5.75. The van der Waals surface area contributed by atoms with Crippen LogP contribution in [-0.2, 0) is 16.5 Å². The van der Waals surface area contributed by atoms with Gasteiger partial charge in [0.15, 0.2) is 0 Å². The molecule has 0 aliphatic carbocycles. The average Bonchev–Trinajstić information content (AvgIpc) is 2.76. The molecule has 0 saturated carbocycles. The fourth-order valence-corrected chi connectivity index (χ4v) is 6.42. The lowest BCUT2D eigenvalue weighted by Gasteiger charge is -2.43. The first-order valence-electron chi connectivity index (χ1n) is 9.78. The maximum absolute atomic E-state index is 2.29. The SMILES string of the molecule is c1ccc([C@H]2[S+]C(c3ccccc3)(c3ccccc3)[C@@H]2c2ccccc2)cc1. The van der Waals surface area contributed by atoms with E-state index < -0.39 is 0 Å². The Morgan fingerprint density at radius 3 is 1.32 bits per heavy atom. The molecule has 1 aliphatic rings. The molecule has 1 heteroatoms. The standard InChI is InChI=1S/C27H22S/c1-5-13-21(14-6-1)25-26(22-15-7-2-8-16-22)28-27(25,23-17-9-3-10-18-23)24-19-11-4-12-20-24/h1-20,25-26H/q+1/t25-,26-/m1/s1. The fraction of sp³-hybridized carbons (Fsp3) is 0.111. The van der Waals surface area contributed by atoms with Crippen LogP contribution in [0.3, 0.4) is 0 Å². The first kappa shape index (κ1) is 17.3. The van der Waals surface area contributed by atoms with E-state index in [0.717, 1.165) is 0 Å². The molecule has 28 heavy (non-hydrogen) atoms. The van der Waals surface area contributed by atoms with Gasteiger partial charge in [0.2, 0.25) is 21.8 Å². The Balaban J connectivity index is 1.72. The van der Waals surface area contributed by atoms with Gasteiger partial charge in [-0.3, -0.25) is 0 Å². The number of hydrogen-bond acceptors (Lipinski definition) is 1. The Morgan fingerprint density at radius 2 is 0.857 bits per heavy atom. The normalized spacial score (nSPS) is 20.3. The minimum Gasteiger partial charge on any atom is -0.0622 e. The Bertz CT molecular complexity index is 987. The highest BCUT2D eigenvalue weighted by Crippen LogP contribution is 2.63. The van der Waals surface area contributed by atoms with Crippen molar-refractivity contribution in [2.45, 2.75) is 15.9 Å². The monoisotopic (exact) mass is 378 g/mol. The van der Waals surface area contributed by atoms with Gasteiger partial charge in [0.1, 0.15) is 5.92 Å². The van der Waals surface area contributed by atoms with Crippen LogP contribution in [-0.4, -0.2) is 0 Å². The van der Waals surface area contributed by atoms with Crippen molar-refractivity contribution in [2.75, 3.05) is 0 Å². The largest absolute Gasteiger partial charge is 0.238 e. The van der Waals surface area contributed by atoms with Crippen LogP contribution in [0.25, 0.3) is 0 Å². The van der Waals surface area contributed by atoms with Gasteiger partial charge in [0, 0.05) is 16.7 Å². The summed E-state index contributed by atoms with van der Waals surface area (Å²) >= 11 is 2.08. The highest BCUT2D eigenvalue weighted by Gasteiger charge is 2.71. The molecule has 1 heterocycles. The molecule has 0 N–H and O–H groups in total. The summed E-state index contributed by atoms with van der Waals surface area (Å²) in [7, 11) is 0. The van der Waals surface area contributed by atoms with Crippen molar-refractivity contribution in [3.8, 4) is 0 Å². The van der Waals surface area contributed by atoms with Crippen molar-refractivity contribution >= 4 is 11.8 Å². The Morgan fingerprint density at radius 1 is 0.464 bits per heavy atom. The van der Waals surface area contributed by atoms with Gasteiger partial charge >= 0.3 is 0 Å². The van der Waals surface area contributed by atoms with E-state index in [1.165, 1.54) is 22.3 Å². The van der Waals surface area contributed by atoms with E-state index in [2.05, 4.69) is 133 Å². The maximum atomic E-state index is 2.29. The Kier molecular flexibility index (Phi) is 4.54.